The Labute approximate surface area is 138 Å². The van der Waals surface area contributed by atoms with Crippen LogP contribution < -0.4 is 4.74 Å². The molecule has 1 amide bonds. The second-order valence-electron chi connectivity index (χ2n) is 5.59. The van der Waals surface area contributed by atoms with Crippen LogP contribution in [0.15, 0.2) is 48.8 Å². The molecule has 3 heterocycles. The van der Waals surface area contributed by atoms with Crippen LogP contribution in [0, 0.1) is 0 Å². The number of hydrogen-bond acceptors (Lipinski definition) is 6. The summed E-state index contributed by atoms with van der Waals surface area (Å²) in [6.07, 6.45) is 3.79. The highest BCUT2D eigenvalue weighted by Gasteiger charge is 2.29. The van der Waals surface area contributed by atoms with E-state index in [-0.39, 0.29) is 12.0 Å². The van der Waals surface area contributed by atoms with Crippen molar-refractivity contribution in [3.05, 3.63) is 54.5 Å². The Morgan fingerprint density at radius 2 is 2.04 bits per heavy atom. The van der Waals surface area contributed by atoms with Gasteiger partial charge in [0.1, 0.15) is 11.8 Å². The van der Waals surface area contributed by atoms with Crippen molar-refractivity contribution in [2.24, 2.45) is 0 Å². The number of para-hydroxylation sites is 2. The first-order valence-electron chi connectivity index (χ1n) is 7.75. The Hall–Kier alpha value is -3.09. The van der Waals surface area contributed by atoms with Gasteiger partial charge in [-0.2, -0.15) is 5.10 Å². The molecule has 2 aromatic heterocycles. The van der Waals surface area contributed by atoms with Gasteiger partial charge in [0.05, 0.1) is 23.8 Å². The van der Waals surface area contributed by atoms with Crippen LogP contribution in [0.3, 0.4) is 0 Å². The summed E-state index contributed by atoms with van der Waals surface area (Å²) >= 11 is 0. The van der Waals surface area contributed by atoms with Crippen LogP contribution in [-0.2, 0) is 0 Å². The number of rotatable bonds is 3. The number of likely N-dealkylation sites (tertiary alicyclic amines) is 1. The van der Waals surface area contributed by atoms with Gasteiger partial charge in [-0.3, -0.25) is 9.78 Å². The van der Waals surface area contributed by atoms with Crippen LogP contribution in [0.2, 0.25) is 0 Å². The highest BCUT2D eigenvalue weighted by Crippen LogP contribution is 2.18. The lowest BCUT2D eigenvalue weighted by Gasteiger charge is -2.16. The zero-order valence-corrected chi connectivity index (χ0v) is 12.9. The van der Waals surface area contributed by atoms with Crippen molar-refractivity contribution in [3.63, 3.8) is 0 Å². The van der Waals surface area contributed by atoms with Crippen LogP contribution in [0.4, 0.5) is 0 Å². The van der Waals surface area contributed by atoms with Crippen molar-refractivity contribution in [1.82, 2.24) is 25.1 Å². The first-order chi connectivity index (χ1) is 11.8. The lowest BCUT2D eigenvalue weighted by Crippen LogP contribution is -2.31. The zero-order chi connectivity index (χ0) is 16.4. The van der Waals surface area contributed by atoms with Gasteiger partial charge in [-0.15, -0.1) is 5.10 Å². The number of aromatic nitrogens is 4. The molecule has 0 bridgehead atoms. The molecule has 0 N–H and O–H groups in total. The summed E-state index contributed by atoms with van der Waals surface area (Å²) < 4.78 is 5.76. The molecule has 3 aromatic rings. The van der Waals surface area contributed by atoms with Gasteiger partial charge in [-0.25, -0.2) is 4.98 Å². The highest BCUT2D eigenvalue weighted by atomic mass is 16.5. The van der Waals surface area contributed by atoms with E-state index in [1.54, 1.807) is 23.2 Å². The Balaban J connectivity index is 1.46. The Morgan fingerprint density at radius 3 is 2.88 bits per heavy atom. The normalized spacial score (nSPS) is 17.2. The van der Waals surface area contributed by atoms with E-state index in [0.717, 1.165) is 17.5 Å². The molecule has 1 aliphatic heterocycles. The molecular formula is C17H15N5O2. The maximum absolute atomic E-state index is 12.6. The first kappa shape index (κ1) is 14.5. The predicted octanol–water partition coefficient (Wildman–Crippen LogP) is 1.71. The molecule has 7 nitrogen and oxygen atoms in total. The molecule has 0 saturated carbocycles. The van der Waals surface area contributed by atoms with Crippen molar-refractivity contribution >= 4 is 16.9 Å². The third-order valence-corrected chi connectivity index (χ3v) is 3.94. The Bertz CT molecular complexity index is 871. The van der Waals surface area contributed by atoms with E-state index in [4.69, 9.17) is 4.74 Å². The number of ether oxygens (including phenoxy) is 1. The van der Waals surface area contributed by atoms with Crippen molar-refractivity contribution in [1.29, 1.82) is 0 Å². The molecule has 120 valence electrons. The summed E-state index contributed by atoms with van der Waals surface area (Å²) in [6, 6.07) is 11.0. The fourth-order valence-electron chi connectivity index (χ4n) is 2.75. The van der Waals surface area contributed by atoms with Crippen molar-refractivity contribution in [2.45, 2.75) is 12.5 Å². The largest absolute Gasteiger partial charge is 0.471 e. The Kier molecular flexibility index (Phi) is 3.74. The molecule has 4 rings (SSSR count). The SMILES string of the molecule is O=C(c1cnc2ccccc2n1)N1CCC(Oc2cccnn2)C1. The average Bonchev–Trinajstić information content (AvgIpc) is 3.10. The molecule has 1 fully saturated rings. The van der Waals surface area contributed by atoms with E-state index in [0.29, 0.717) is 24.7 Å². The van der Waals surface area contributed by atoms with Gasteiger partial charge in [-0.1, -0.05) is 12.1 Å². The second kappa shape index (κ2) is 6.19. The van der Waals surface area contributed by atoms with E-state index in [1.807, 2.05) is 24.3 Å². The summed E-state index contributed by atoms with van der Waals surface area (Å²) in [5.41, 5.74) is 1.85. The van der Waals surface area contributed by atoms with Gasteiger partial charge >= 0.3 is 0 Å². The first-order valence-corrected chi connectivity index (χ1v) is 7.75. The summed E-state index contributed by atoms with van der Waals surface area (Å²) in [4.78, 5) is 23.1. The topological polar surface area (TPSA) is 81.1 Å². The van der Waals surface area contributed by atoms with Crippen LogP contribution in [-0.4, -0.2) is 50.2 Å². The van der Waals surface area contributed by atoms with E-state index in [1.165, 1.54) is 6.20 Å². The lowest BCUT2D eigenvalue weighted by atomic mass is 10.3. The summed E-state index contributed by atoms with van der Waals surface area (Å²) in [6.45, 7) is 1.13. The standard InChI is InChI=1S/C17H15N5O2/c23-17(15-10-18-13-4-1-2-5-14(13)20-15)22-9-7-12(11-22)24-16-6-3-8-19-21-16/h1-6,8,10,12H,7,9,11H2. The molecule has 1 atom stereocenters. The van der Waals surface area contributed by atoms with E-state index >= 15 is 0 Å². The molecule has 1 aliphatic rings. The molecule has 1 aromatic carbocycles. The van der Waals surface area contributed by atoms with E-state index in [2.05, 4.69) is 20.2 Å². The number of nitrogens with zero attached hydrogens (tertiary/aromatic N) is 5. The van der Waals surface area contributed by atoms with Crippen LogP contribution >= 0.6 is 0 Å². The van der Waals surface area contributed by atoms with Gasteiger partial charge < -0.3 is 9.64 Å². The van der Waals surface area contributed by atoms with Crippen LogP contribution in [0.5, 0.6) is 5.88 Å². The van der Waals surface area contributed by atoms with Gasteiger partial charge in [0, 0.05) is 25.2 Å². The Morgan fingerprint density at radius 1 is 1.17 bits per heavy atom. The quantitative estimate of drug-likeness (QED) is 0.730. The number of carbonyl (C=O) groups excluding carboxylic acids is 1. The maximum Gasteiger partial charge on any atom is 0.274 e. The minimum absolute atomic E-state index is 0.0842. The number of benzene rings is 1. The molecule has 24 heavy (non-hydrogen) atoms. The van der Waals surface area contributed by atoms with Crippen molar-refractivity contribution in [2.75, 3.05) is 13.1 Å². The van der Waals surface area contributed by atoms with Crippen molar-refractivity contribution in [3.8, 4) is 5.88 Å². The van der Waals surface area contributed by atoms with Gasteiger partial charge in [0.25, 0.3) is 5.91 Å². The van der Waals surface area contributed by atoms with Gasteiger partial charge in [0.2, 0.25) is 5.88 Å². The monoisotopic (exact) mass is 321 g/mol. The average molecular weight is 321 g/mol. The second-order valence-corrected chi connectivity index (χ2v) is 5.59. The molecule has 7 heteroatoms. The predicted molar refractivity (Wildman–Crippen MR) is 86.5 cm³/mol. The van der Waals surface area contributed by atoms with Gasteiger partial charge in [-0.05, 0) is 18.2 Å². The molecule has 1 unspecified atom stereocenters. The molecule has 0 spiro atoms. The molecular weight excluding hydrogens is 306 g/mol. The lowest BCUT2D eigenvalue weighted by molar-refractivity contribution is 0.0765. The minimum atomic E-state index is -0.126. The summed E-state index contributed by atoms with van der Waals surface area (Å²) in [5, 5.41) is 7.69. The van der Waals surface area contributed by atoms with E-state index < -0.39 is 0 Å². The van der Waals surface area contributed by atoms with Gasteiger partial charge in [0.15, 0.2) is 0 Å². The van der Waals surface area contributed by atoms with E-state index in [9.17, 15) is 4.79 Å². The third-order valence-electron chi connectivity index (χ3n) is 3.94. The number of amides is 1. The van der Waals surface area contributed by atoms with Crippen molar-refractivity contribution < 1.29 is 9.53 Å². The van der Waals surface area contributed by atoms with Crippen LogP contribution in [0.1, 0.15) is 16.9 Å². The summed E-state index contributed by atoms with van der Waals surface area (Å²) in [5.74, 6) is 0.348. The third kappa shape index (κ3) is 2.88. The highest BCUT2D eigenvalue weighted by molar-refractivity contribution is 5.94. The smallest absolute Gasteiger partial charge is 0.274 e. The number of hydrogen-bond donors (Lipinski definition) is 0. The zero-order valence-electron chi connectivity index (χ0n) is 12.9. The van der Waals surface area contributed by atoms with Crippen LogP contribution in [0.25, 0.3) is 11.0 Å². The fourth-order valence-corrected chi connectivity index (χ4v) is 2.75. The fraction of sp³-hybridized carbons (Fsp3) is 0.235. The number of fused-ring (bicyclic) bond motifs is 1. The molecule has 0 aliphatic carbocycles. The molecule has 1 saturated heterocycles. The maximum atomic E-state index is 12.6. The summed E-state index contributed by atoms with van der Waals surface area (Å²) in [7, 11) is 0. The molecule has 0 radical (unpaired) electrons. The number of carbonyl (C=O) groups is 1. The minimum Gasteiger partial charge on any atom is -0.471 e.